The molecule has 1 amide bonds. The molecule has 122 valence electrons. The van der Waals surface area contributed by atoms with Gasteiger partial charge in [0.25, 0.3) is 5.91 Å². The Hall–Kier alpha value is -2.20. The topological polar surface area (TPSA) is 47.6 Å². The van der Waals surface area contributed by atoms with Gasteiger partial charge in [-0.25, -0.2) is 0 Å². The smallest absolute Gasteiger partial charge is 0.261 e. The summed E-state index contributed by atoms with van der Waals surface area (Å²) in [6.45, 7) is 2.70. The van der Waals surface area contributed by atoms with Crippen molar-refractivity contribution in [2.75, 3.05) is 13.2 Å². The average Bonchev–Trinajstić information content (AvgIpc) is 2.59. The van der Waals surface area contributed by atoms with Crippen molar-refractivity contribution in [3.8, 4) is 11.5 Å². The van der Waals surface area contributed by atoms with Crippen molar-refractivity contribution in [3.05, 3.63) is 59.6 Å². The highest BCUT2D eigenvalue weighted by Gasteiger charge is 2.18. The Bertz CT molecular complexity index is 619. The summed E-state index contributed by atoms with van der Waals surface area (Å²) in [5, 5.41) is 3.30. The van der Waals surface area contributed by atoms with Crippen molar-refractivity contribution in [3.63, 3.8) is 0 Å². The molecule has 5 heteroatoms. The lowest BCUT2D eigenvalue weighted by molar-refractivity contribution is -0.128. The second kappa shape index (κ2) is 9.06. The van der Waals surface area contributed by atoms with Crippen molar-refractivity contribution < 1.29 is 14.3 Å². The third-order valence-electron chi connectivity index (χ3n) is 3.18. The van der Waals surface area contributed by atoms with Crippen LogP contribution in [0.2, 0.25) is 5.02 Å². The molecule has 0 unspecified atom stereocenters. The van der Waals surface area contributed by atoms with Gasteiger partial charge in [-0.1, -0.05) is 48.9 Å². The van der Waals surface area contributed by atoms with E-state index in [1.807, 2.05) is 49.4 Å². The number of nitrogens with one attached hydrogen (secondary N) is 1. The van der Waals surface area contributed by atoms with Crippen molar-refractivity contribution in [1.82, 2.24) is 5.32 Å². The molecule has 0 heterocycles. The minimum atomic E-state index is -0.577. The van der Waals surface area contributed by atoms with Gasteiger partial charge in [0.15, 0.2) is 6.10 Å². The lowest BCUT2D eigenvalue weighted by atomic mass is 10.2. The first kappa shape index (κ1) is 17.2. The highest BCUT2D eigenvalue weighted by atomic mass is 35.5. The second-order valence-electron chi connectivity index (χ2n) is 4.90. The second-order valence-corrected chi connectivity index (χ2v) is 5.30. The molecule has 0 bridgehead atoms. The van der Waals surface area contributed by atoms with Crippen LogP contribution in [0.5, 0.6) is 11.5 Å². The number of hydrogen-bond donors (Lipinski definition) is 1. The molecule has 2 rings (SSSR count). The fourth-order valence-electron chi connectivity index (χ4n) is 1.99. The molecule has 2 aromatic rings. The SMILES string of the molecule is CC[C@H](Oc1ccccc1Cl)C(=O)NCCOc1ccccc1. The molecule has 2 aromatic carbocycles. The maximum Gasteiger partial charge on any atom is 0.261 e. The van der Waals surface area contributed by atoms with E-state index in [4.69, 9.17) is 21.1 Å². The zero-order valence-electron chi connectivity index (χ0n) is 13.0. The minimum Gasteiger partial charge on any atom is -0.492 e. The molecule has 1 atom stereocenters. The molecule has 0 aromatic heterocycles. The average molecular weight is 334 g/mol. The van der Waals surface area contributed by atoms with E-state index in [1.165, 1.54) is 0 Å². The molecule has 4 nitrogen and oxygen atoms in total. The van der Waals surface area contributed by atoms with Crippen molar-refractivity contribution >= 4 is 17.5 Å². The molecule has 0 spiro atoms. The zero-order chi connectivity index (χ0) is 16.5. The van der Waals surface area contributed by atoms with Crippen LogP contribution < -0.4 is 14.8 Å². The summed E-state index contributed by atoms with van der Waals surface area (Å²) in [5.74, 6) is 1.11. The number of rotatable bonds is 8. The summed E-state index contributed by atoms with van der Waals surface area (Å²) >= 11 is 6.05. The monoisotopic (exact) mass is 333 g/mol. The molecule has 0 saturated carbocycles. The Kier molecular flexibility index (Phi) is 6.76. The molecule has 0 fully saturated rings. The third kappa shape index (κ3) is 5.49. The number of carbonyl (C=O) groups excluding carboxylic acids is 1. The van der Waals surface area contributed by atoms with Gasteiger partial charge in [-0.2, -0.15) is 0 Å². The Morgan fingerprint density at radius 1 is 1.13 bits per heavy atom. The third-order valence-corrected chi connectivity index (χ3v) is 3.49. The van der Waals surface area contributed by atoms with E-state index >= 15 is 0 Å². The highest BCUT2D eigenvalue weighted by molar-refractivity contribution is 6.32. The number of ether oxygens (including phenoxy) is 2. The Morgan fingerprint density at radius 2 is 1.83 bits per heavy atom. The van der Waals surface area contributed by atoms with Gasteiger partial charge in [0.1, 0.15) is 18.1 Å². The van der Waals surface area contributed by atoms with E-state index in [2.05, 4.69) is 5.32 Å². The van der Waals surface area contributed by atoms with Gasteiger partial charge in [-0.05, 0) is 30.7 Å². The van der Waals surface area contributed by atoms with Crippen LogP contribution in [0, 0.1) is 0 Å². The van der Waals surface area contributed by atoms with Crippen LogP contribution in [-0.4, -0.2) is 25.2 Å². The summed E-state index contributed by atoms with van der Waals surface area (Å²) in [6, 6.07) is 16.6. The van der Waals surface area contributed by atoms with Gasteiger partial charge >= 0.3 is 0 Å². The standard InChI is InChI=1S/C18H20ClNO3/c1-2-16(23-17-11-7-6-10-15(17)19)18(21)20-12-13-22-14-8-4-3-5-9-14/h3-11,16H,2,12-13H2,1H3,(H,20,21)/t16-/m0/s1. The van der Waals surface area contributed by atoms with E-state index in [0.717, 1.165) is 5.75 Å². The quantitative estimate of drug-likeness (QED) is 0.749. The van der Waals surface area contributed by atoms with E-state index in [-0.39, 0.29) is 5.91 Å². The lowest BCUT2D eigenvalue weighted by Gasteiger charge is -2.18. The number of hydrogen-bond acceptors (Lipinski definition) is 3. The maximum absolute atomic E-state index is 12.2. The van der Waals surface area contributed by atoms with Crippen LogP contribution in [0.25, 0.3) is 0 Å². The van der Waals surface area contributed by atoms with Crippen molar-refractivity contribution in [2.45, 2.75) is 19.4 Å². The first-order chi connectivity index (χ1) is 11.2. The van der Waals surface area contributed by atoms with E-state index < -0.39 is 6.10 Å². The van der Waals surface area contributed by atoms with Gasteiger partial charge in [0.2, 0.25) is 0 Å². The molecule has 23 heavy (non-hydrogen) atoms. The molecule has 0 aliphatic carbocycles. The van der Waals surface area contributed by atoms with Crippen LogP contribution in [0.3, 0.4) is 0 Å². The van der Waals surface area contributed by atoms with E-state index in [1.54, 1.807) is 12.1 Å². The Labute approximate surface area is 141 Å². The predicted molar refractivity (Wildman–Crippen MR) is 91.1 cm³/mol. The summed E-state index contributed by atoms with van der Waals surface area (Å²) in [7, 11) is 0. The fourth-order valence-corrected chi connectivity index (χ4v) is 2.17. The van der Waals surface area contributed by atoms with Gasteiger partial charge in [0, 0.05) is 0 Å². The van der Waals surface area contributed by atoms with Crippen molar-refractivity contribution in [2.24, 2.45) is 0 Å². The van der Waals surface area contributed by atoms with Crippen LogP contribution in [0.1, 0.15) is 13.3 Å². The van der Waals surface area contributed by atoms with Gasteiger partial charge in [-0.3, -0.25) is 4.79 Å². The number of amides is 1. The minimum absolute atomic E-state index is 0.177. The molecule has 0 saturated heterocycles. The summed E-state index contributed by atoms with van der Waals surface area (Å²) in [4.78, 5) is 12.2. The van der Waals surface area contributed by atoms with E-state index in [0.29, 0.717) is 30.3 Å². The van der Waals surface area contributed by atoms with E-state index in [9.17, 15) is 4.79 Å². The van der Waals surface area contributed by atoms with Crippen LogP contribution in [0.4, 0.5) is 0 Å². The van der Waals surface area contributed by atoms with Crippen LogP contribution >= 0.6 is 11.6 Å². The highest BCUT2D eigenvalue weighted by Crippen LogP contribution is 2.24. The summed E-state index contributed by atoms with van der Waals surface area (Å²) in [6.07, 6.45) is -0.0250. The van der Waals surface area contributed by atoms with Gasteiger partial charge in [-0.15, -0.1) is 0 Å². The predicted octanol–water partition coefficient (Wildman–Crippen LogP) is 3.69. The number of halogens is 1. The molecule has 0 aliphatic heterocycles. The Morgan fingerprint density at radius 3 is 2.52 bits per heavy atom. The largest absolute Gasteiger partial charge is 0.492 e. The molecular formula is C18H20ClNO3. The summed E-state index contributed by atoms with van der Waals surface area (Å²) in [5.41, 5.74) is 0. The van der Waals surface area contributed by atoms with Crippen molar-refractivity contribution in [1.29, 1.82) is 0 Å². The molecular weight excluding hydrogens is 314 g/mol. The first-order valence-corrected chi connectivity index (χ1v) is 7.95. The zero-order valence-corrected chi connectivity index (χ0v) is 13.8. The Balaban J connectivity index is 1.77. The maximum atomic E-state index is 12.2. The molecule has 0 aliphatic rings. The van der Waals surface area contributed by atoms with Gasteiger partial charge in [0.05, 0.1) is 11.6 Å². The number of benzene rings is 2. The number of para-hydroxylation sites is 2. The number of carbonyl (C=O) groups is 1. The van der Waals surface area contributed by atoms with Gasteiger partial charge < -0.3 is 14.8 Å². The fraction of sp³-hybridized carbons (Fsp3) is 0.278. The lowest BCUT2D eigenvalue weighted by Crippen LogP contribution is -2.39. The first-order valence-electron chi connectivity index (χ1n) is 7.57. The molecule has 0 radical (unpaired) electrons. The molecule has 1 N–H and O–H groups in total. The normalized spacial score (nSPS) is 11.6. The van der Waals surface area contributed by atoms with Crippen LogP contribution in [0.15, 0.2) is 54.6 Å². The summed E-state index contributed by atoms with van der Waals surface area (Å²) < 4.78 is 11.2. The van der Waals surface area contributed by atoms with Crippen LogP contribution in [-0.2, 0) is 4.79 Å².